The molecule has 0 aromatic heterocycles. The maximum atomic E-state index is 9.77. The van der Waals surface area contributed by atoms with Gasteiger partial charge < -0.3 is 10.8 Å². The standard InChI is InChI=1S/C8H15NO/c1-2-7(9)8(10)5-3-4-6-8/h3-4,7,10H,2,5-6,9H2,1H3. The molecule has 1 unspecified atom stereocenters. The van der Waals surface area contributed by atoms with Gasteiger partial charge in [-0.15, -0.1) is 0 Å². The molecule has 2 nitrogen and oxygen atoms in total. The minimum absolute atomic E-state index is 0.0671. The van der Waals surface area contributed by atoms with E-state index < -0.39 is 5.60 Å². The van der Waals surface area contributed by atoms with E-state index >= 15 is 0 Å². The minimum Gasteiger partial charge on any atom is -0.388 e. The highest BCUT2D eigenvalue weighted by atomic mass is 16.3. The molecule has 0 aromatic carbocycles. The maximum absolute atomic E-state index is 9.77. The monoisotopic (exact) mass is 141 g/mol. The van der Waals surface area contributed by atoms with E-state index in [1.807, 2.05) is 19.1 Å². The van der Waals surface area contributed by atoms with E-state index in [0.717, 1.165) is 19.3 Å². The van der Waals surface area contributed by atoms with Crippen LogP contribution in [0.15, 0.2) is 12.2 Å². The molecule has 2 heteroatoms. The highest BCUT2D eigenvalue weighted by Crippen LogP contribution is 2.26. The van der Waals surface area contributed by atoms with Crippen molar-refractivity contribution in [3.8, 4) is 0 Å². The number of hydrogen-bond acceptors (Lipinski definition) is 2. The summed E-state index contributed by atoms with van der Waals surface area (Å²) in [6, 6.07) is -0.0671. The third-order valence-electron chi connectivity index (χ3n) is 2.24. The Morgan fingerprint density at radius 3 is 2.50 bits per heavy atom. The van der Waals surface area contributed by atoms with Crippen molar-refractivity contribution in [2.24, 2.45) is 5.73 Å². The van der Waals surface area contributed by atoms with Crippen LogP contribution in [-0.4, -0.2) is 16.7 Å². The molecule has 10 heavy (non-hydrogen) atoms. The fourth-order valence-corrected chi connectivity index (χ4v) is 1.34. The molecule has 0 saturated heterocycles. The average Bonchev–Trinajstić information content (AvgIpc) is 2.36. The van der Waals surface area contributed by atoms with Crippen molar-refractivity contribution < 1.29 is 5.11 Å². The second kappa shape index (κ2) is 2.72. The summed E-state index contributed by atoms with van der Waals surface area (Å²) in [5.41, 5.74) is 5.09. The first-order valence-corrected chi connectivity index (χ1v) is 3.82. The van der Waals surface area contributed by atoms with Gasteiger partial charge >= 0.3 is 0 Å². The summed E-state index contributed by atoms with van der Waals surface area (Å²) in [5.74, 6) is 0. The molecule has 1 aliphatic carbocycles. The van der Waals surface area contributed by atoms with E-state index in [-0.39, 0.29) is 6.04 Å². The number of nitrogens with two attached hydrogens (primary N) is 1. The van der Waals surface area contributed by atoms with Crippen LogP contribution < -0.4 is 5.73 Å². The third-order valence-corrected chi connectivity index (χ3v) is 2.24. The highest BCUT2D eigenvalue weighted by Gasteiger charge is 2.33. The van der Waals surface area contributed by atoms with Gasteiger partial charge in [0.1, 0.15) is 0 Å². The Morgan fingerprint density at radius 1 is 1.60 bits per heavy atom. The Bertz CT molecular complexity index is 134. The third kappa shape index (κ3) is 1.22. The van der Waals surface area contributed by atoms with E-state index in [1.54, 1.807) is 0 Å². The van der Waals surface area contributed by atoms with Crippen molar-refractivity contribution >= 4 is 0 Å². The second-order valence-electron chi connectivity index (χ2n) is 3.00. The van der Waals surface area contributed by atoms with E-state index in [2.05, 4.69) is 0 Å². The zero-order valence-electron chi connectivity index (χ0n) is 6.38. The number of hydrogen-bond donors (Lipinski definition) is 2. The van der Waals surface area contributed by atoms with Gasteiger partial charge in [0.15, 0.2) is 0 Å². The predicted molar refractivity (Wildman–Crippen MR) is 41.6 cm³/mol. The van der Waals surface area contributed by atoms with Gasteiger partial charge in [0.2, 0.25) is 0 Å². The predicted octanol–water partition coefficient (Wildman–Crippen LogP) is 0.805. The Labute approximate surface area is 61.7 Å². The van der Waals surface area contributed by atoms with Crippen LogP contribution in [0.4, 0.5) is 0 Å². The molecule has 0 bridgehead atoms. The second-order valence-corrected chi connectivity index (χ2v) is 3.00. The molecular weight excluding hydrogens is 126 g/mol. The lowest BCUT2D eigenvalue weighted by molar-refractivity contribution is 0.0257. The summed E-state index contributed by atoms with van der Waals surface area (Å²) in [7, 11) is 0. The van der Waals surface area contributed by atoms with Crippen LogP contribution in [0, 0.1) is 0 Å². The summed E-state index contributed by atoms with van der Waals surface area (Å²) in [4.78, 5) is 0. The summed E-state index contributed by atoms with van der Waals surface area (Å²) < 4.78 is 0. The first kappa shape index (κ1) is 7.76. The average molecular weight is 141 g/mol. The molecule has 0 amide bonds. The summed E-state index contributed by atoms with van der Waals surface area (Å²) in [5, 5.41) is 9.77. The fourth-order valence-electron chi connectivity index (χ4n) is 1.34. The zero-order valence-corrected chi connectivity index (χ0v) is 6.38. The lowest BCUT2D eigenvalue weighted by Gasteiger charge is -2.28. The molecule has 58 valence electrons. The van der Waals surface area contributed by atoms with Crippen molar-refractivity contribution in [2.75, 3.05) is 0 Å². The van der Waals surface area contributed by atoms with Crippen LogP contribution in [0.2, 0.25) is 0 Å². The van der Waals surface area contributed by atoms with Crippen molar-refractivity contribution in [1.82, 2.24) is 0 Å². The molecule has 0 fully saturated rings. The molecule has 0 heterocycles. The lowest BCUT2D eigenvalue weighted by atomic mass is 9.91. The van der Waals surface area contributed by atoms with Gasteiger partial charge in [-0.3, -0.25) is 0 Å². The van der Waals surface area contributed by atoms with Crippen LogP contribution in [0.5, 0.6) is 0 Å². The minimum atomic E-state index is -0.630. The fraction of sp³-hybridized carbons (Fsp3) is 0.750. The largest absolute Gasteiger partial charge is 0.388 e. The molecule has 0 radical (unpaired) electrons. The van der Waals surface area contributed by atoms with Crippen LogP contribution >= 0.6 is 0 Å². The topological polar surface area (TPSA) is 46.2 Å². The van der Waals surface area contributed by atoms with E-state index in [4.69, 9.17) is 5.73 Å². The molecule has 0 saturated carbocycles. The molecule has 1 rings (SSSR count). The van der Waals surface area contributed by atoms with Crippen LogP contribution in [0.25, 0.3) is 0 Å². The molecule has 1 aliphatic rings. The van der Waals surface area contributed by atoms with Gasteiger partial charge in [-0.25, -0.2) is 0 Å². The molecule has 1 atom stereocenters. The van der Waals surface area contributed by atoms with Crippen molar-refractivity contribution in [3.05, 3.63) is 12.2 Å². The van der Waals surface area contributed by atoms with E-state index in [9.17, 15) is 5.11 Å². The van der Waals surface area contributed by atoms with Gasteiger partial charge in [0, 0.05) is 6.04 Å². The van der Waals surface area contributed by atoms with Gasteiger partial charge in [0.25, 0.3) is 0 Å². The van der Waals surface area contributed by atoms with Crippen LogP contribution in [0.1, 0.15) is 26.2 Å². The number of aliphatic hydroxyl groups is 1. The van der Waals surface area contributed by atoms with Crippen molar-refractivity contribution in [1.29, 1.82) is 0 Å². The molecule has 0 aromatic rings. The Hall–Kier alpha value is -0.340. The Kier molecular flexibility index (Phi) is 2.11. The van der Waals surface area contributed by atoms with Crippen LogP contribution in [-0.2, 0) is 0 Å². The molecular formula is C8H15NO. The first-order valence-electron chi connectivity index (χ1n) is 3.82. The summed E-state index contributed by atoms with van der Waals surface area (Å²) in [6.07, 6.45) is 6.28. The van der Waals surface area contributed by atoms with E-state index in [1.165, 1.54) is 0 Å². The molecule has 3 N–H and O–H groups in total. The zero-order chi connectivity index (χ0) is 7.61. The van der Waals surface area contributed by atoms with Gasteiger partial charge in [0.05, 0.1) is 5.60 Å². The first-order chi connectivity index (χ1) is 4.69. The lowest BCUT2D eigenvalue weighted by Crippen LogP contribution is -2.45. The van der Waals surface area contributed by atoms with Crippen molar-refractivity contribution in [2.45, 2.75) is 37.8 Å². The summed E-state index contributed by atoms with van der Waals surface area (Å²) >= 11 is 0. The van der Waals surface area contributed by atoms with Crippen molar-refractivity contribution in [3.63, 3.8) is 0 Å². The van der Waals surface area contributed by atoms with Gasteiger partial charge in [-0.1, -0.05) is 19.1 Å². The maximum Gasteiger partial charge on any atom is 0.0866 e. The Morgan fingerprint density at radius 2 is 2.10 bits per heavy atom. The van der Waals surface area contributed by atoms with Gasteiger partial charge in [-0.05, 0) is 19.3 Å². The van der Waals surface area contributed by atoms with Gasteiger partial charge in [-0.2, -0.15) is 0 Å². The normalized spacial score (nSPS) is 25.1. The highest BCUT2D eigenvalue weighted by molar-refractivity contribution is 5.07. The quantitative estimate of drug-likeness (QED) is 0.559. The van der Waals surface area contributed by atoms with Crippen LogP contribution in [0.3, 0.4) is 0 Å². The molecule has 0 spiro atoms. The SMILES string of the molecule is CCC(N)C1(O)CC=CC1. The molecule has 0 aliphatic heterocycles. The van der Waals surface area contributed by atoms with E-state index in [0.29, 0.717) is 0 Å². The Balaban J connectivity index is 2.52. The smallest absolute Gasteiger partial charge is 0.0866 e. The summed E-state index contributed by atoms with van der Waals surface area (Å²) in [6.45, 7) is 2.00. The number of rotatable bonds is 2.